The second-order valence-electron chi connectivity index (χ2n) is 3.66. The van der Waals surface area contributed by atoms with Crippen LogP contribution in [0.25, 0.3) is 0 Å². The summed E-state index contributed by atoms with van der Waals surface area (Å²) in [6.45, 7) is 3.17. The Morgan fingerprint density at radius 1 is 1.50 bits per heavy atom. The predicted octanol–water partition coefficient (Wildman–Crippen LogP) is -0.589. The third-order valence-electron chi connectivity index (χ3n) is 2.58. The molecule has 1 rings (SSSR count). The fraction of sp³-hybridized carbons (Fsp3) is 1.00. The molecule has 4 nitrogen and oxygen atoms in total. The van der Waals surface area contributed by atoms with Crippen molar-refractivity contribution in [1.82, 2.24) is 0 Å². The van der Waals surface area contributed by atoms with Crippen LogP contribution in [0.1, 0.15) is 6.92 Å². The van der Waals surface area contributed by atoms with E-state index in [1.807, 2.05) is 14.8 Å². The molecule has 0 aromatic rings. The van der Waals surface area contributed by atoms with Gasteiger partial charge in [-0.1, -0.05) is 0 Å². The Morgan fingerprint density at radius 3 is 2.79 bits per heavy atom. The number of hydrogen-bond acceptors (Lipinski definition) is 4. The van der Waals surface area contributed by atoms with E-state index >= 15 is 0 Å². The Balaban J connectivity index is 2.33. The van der Waals surface area contributed by atoms with E-state index in [1.165, 1.54) is 0 Å². The fourth-order valence-electron chi connectivity index (χ4n) is 1.50. The summed E-state index contributed by atoms with van der Waals surface area (Å²) in [6, 6.07) is 0.101. The molecule has 0 radical (unpaired) electrons. The zero-order valence-corrected chi connectivity index (χ0v) is 9.36. The minimum atomic E-state index is 0.0256. The minimum Gasteiger partial charge on any atom is -0.382 e. The highest BCUT2D eigenvalue weighted by molar-refractivity contribution is 6.11. The van der Waals surface area contributed by atoms with Crippen LogP contribution in [-0.4, -0.2) is 59.6 Å². The highest BCUT2D eigenvalue weighted by Gasteiger charge is 2.35. The first kappa shape index (κ1) is 12.0. The van der Waals surface area contributed by atoms with Gasteiger partial charge in [-0.05, 0) is 6.92 Å². The molecule has 1 heterocycles. The summed E-state index contributed by atoms with van der Waals surface area (Å²) in [5, 5.41) is 0. The molecule has 1 saturated heterocycles. The molecule has 82 valence electrons. The third-order valence-corrected chi connectivity index (χ3v) is 2.58. The van der Waals surface area contributed by atoms with Crippen molar-refractivity contribution >= 4 is 7.85 Å². The van der Waals surface area contributed by atoms with Crippen molar-refractivity contribution in [3.8, 4) is 0 Å². The van der Waals surface area contributed by atoms with Crippen LogP contribution < -0.4 is 0 Å². The molecule has 0 aromatic carbocycles. The highest BCUT2D eigenvalue weighted by atomic mass is 16.6. The zero-order valence-electron chi connectivity index (χ0n) is 9.36. The van der Waals surface area contributed by atoms with Crippen LogP contribution in [0.5, 0.6) is 0 Å². The average molecular weight is 202 g/mol. The maximum atomic E-state index is 5.70. The summed E-state index contributed by atoms with van der Waals surface area (Å²) < 4.78 is 21.5. The Bertz CT molecular complexity index is 167. The molecule has 1 unspecified atom stereocenters. The lowest BCUT2D eigenvalue weighted by Gasteiger charge is -2.22. The molecule has 0 bridgehead atoms. The quantitative estimate of drug-likeness (QED) is 0.558. The molecule has 0 saturated carbocycles. The van der Waals surface area contributed by atoms with E-state index in [2.05, 4.69) is 0 Å². The number of rotatable bonds is 5. The van der Waals surface area contributed by atoms with Crippen molar-refractivity contribution in [2.75, 3.05) is 27.4 Å². The van der Waals surface area contributed by atoms with Crippen LogP contribution in [0.3, 0.4) is 0 Å². The van der Waals surface area contributed by atoms with E-state index in [0.717, 1.165) is 0 Å². The van der Waals surface area contributed by atoms with Crippen LogP contribution in [0, 0.1) is 0 Å². The van der Waals surface area contributed by atoms with E-state index in [-0.39, 0.29) is 24.3 Å². The first-order chi connectivity index (χ1) is 6.69. The third kappa shape index (κ3) is 2.95. The van der Waals surface area contributed by atoms with Crippen LogP contribution in [0.2, 0.25) is 0 Å². The lowest BCUT2D eigenvalue weighted by Crippen LogP contribution is -2.36. The maximum absolute atomic E-state index is 5.70. The Kier molecular flexibility index (Phi) is 4.88. The summed E-state index contributed by atoms with van der Waals surface area (Å²) in [4.78, 5) is 0. The lowest BCUT2D eigenvalue weighted by molar-refractivity contribution is -0.0671. The van der Waals surface area contributed by atoms with Gasteiger partial charge in [0.05, 0.1) is 25.3 Å². The number of hydrogen-bond donors (Lipinski definition) is 0. The molecular weight excluding hydrogens is 183 g/mol. The zero-order chi connectivity index (χ0) is 10.6. The normalized spacial score (nSPS) is 34.6. The van der Waals surface area contributed by atoms with Crippen molar-refractivity contribution in [3.05, 3.63) is 0 Å². The summed E-state index contributed by atoms with van der Waals surface area (Å²) in [7, 11) is 5.36. The van der Waals surface area contributed by atoms with E-state index in [0.29, 0.717) is 13.2 Å². The van der Waals surface area contributed by atoms with Gasteiger partial charge in [-0.2, -0.15) is 0 Å². The van der Waals surface area contributed by atoms with E-state index < -0.39 is 0 Å². The van der Waals surface area contributed by atoms with Gasteiger partial charge in [0.15, 0.2) is 0 Å². The average Bonchev–Trinajstić information content (AvgIpc) is 2.55. The molecule has 0 aliphatic carbocycles. The molecule has 0 spiro atoms. The van der Waals surface area contributed by atoms with Gasteiger partial charge in [0.1, 0.15) is 20.1 Å². The summed E-state index contributed by atoms with van der Waals surface area (Å²) in [5.74, 6) is 0. The molecule has 1 aliphatic rings. The molecule has 1 fully saturated rings. The standard InChI is InChI=1S/C9H19BO4/c1-6(11-2)4-13-8-7(12-3)5-14-9(8)10/h6-9H,4-5,10H2,1-3H3/t6?,7-,8-,9+/m0/s1. The molecule has 0 aromatic heterocycles. The van der Waals surface area contributed by atoms with Crippen molar-refractivity contribution in [1.29, 1.82) is 0 Å². The van der Waals surface area contributed by atoms with Crippen molar-refractivity contribution < 1.29 is 18.9 Å². The minimum absolute atomic E-state index is 0.0256. The monoisotopic (exact) mass is 202 g/mol. The van der Waals surface area contributed by atoms with Gasteiger partial charge in [-0.25, -0.2) is 0 Å². The smallest absolute Gasteiger partial charge is 0.142 e. The van der Waals surface area contributed by atoms with Crippen LogP contribution in [0.15, 0.2) is 0 Å². The summed E-state index contributed by atoms with van der Waals surface area (Å²) >= 11 is 0. The van der Waals surface area contributed by atoms with Crippen molar-refractivity contribution in [3.63, 3.8) is 0 Å². The first-order valence-electron chi connectivity index (χ1n) is 4.97. The topological polar surface area (TPSA) is 36.9 Å². The van der Waals surface area contributed by atoms with E-state index in [1.54, 1.807) is 14.2 Å². The number of ether oxygens (including phenoxy) is 4. The molecule has 0 N–H and O–H groups in total. The largest absolute Gasteiger partial charge is 0.382 e. The molecule has 5 heteroatoms. The molecule has 14 heavy (non-hydrogen) atoms. The molecule has 4 atom stereocenters. The Hall–Kier alpha value is -0.0951. The second kappa shape index (κ2) is 5.71. The molecule has 0 amide bonds. The lowest BCUT2D eigenvalue weighted by atomic mass is 9.93. The van der Waals surface area contributed by atoms with Gasteiger partial charge >= 0.3 is 0 Å². The van der Waals surface area contributed by atoms with Crippen LogP contribution in [-0.2, 0) is 18.9 Å². The first-order valence-corrected chi connectivity index (χ1v) is 4.97. The SMILES string of the molecule is B[C@@H]1OC[C@H](OC)[C@@H]1OCC(C)OC. The molecular formula is C9H19BO4. The second-order valence-corrected chi connectivity index (χ2v) is 3.66. The maximum Gasteiger partial charge on any atom is 0.142 e. The molecule has 1 aliphatic heterocycles. The van der Waals surface area contributed by atoms with Crippen molar-refractivity contribution in [2.24, 2.45) is 0 Å². The summed E-state index contributed by atoms with van der Waals surface area (Å²) in [5.41, 5.74) is 0. The van der Waals surface area contributed by atoms with Crippen molar-refractivity contribution in [2.45, 2.75) is 31.2 Å². The van der Waals surface area contributed by atoms with Gasteiger partial charge < -0.3 is 18.9 Å². The van der Waals surface area contributed by atoms with E-state index in [9.17, 15) is 0 Å². The fourth-order valence-corrected chi connectivity index (χ4v) is 1.50. The Morgan fingerprint density at radius 2 is 2.21 bits per heavy atom. The highest BCUT2D eigenvalue weighted by Crippen LogP contribution is 2.18. The Labute approximate surface area is 86.3 Å². The van der Waals surface area contributed by atoms with Crippen LogP contribution in [0.4, 0.5) is 0 Å². The van der Waals surface area contributed by atoms with Gasteiger partial charge in [-0.15, -0.1) is 0 Å². The van der Waals surface area contributed by atoms with Gasteiger partial charge in [0.25, 0.3) is 0 Å². The van der Waals surface area contributed by atoms with Gasteiger partial charge in [0.2, 0.25) is 0 Å². The number of methoxy groups -OCH3 is 2. The van der Waals surface area contributed by atoms with Gasteiger partial charge in [-0.3, -0.25) is 0 Å². The predicted molar refractivity (Wildman–Crippen MR) is 55.3 cm³/mol. The summed E-state index contributed by atoms with van der Waals surface area (Å²) in [6.07, 6.45) is 0.187. The van der Waals surface area contributed by atoms with E-state index in [4.69, 9.17) is 18.9 Å². The van der Waals surface area contributed by atoms with Crippen LogP contribution >= 0.6 is 0 Å². The van der Waals surface area contributed by atoms with Gasteiger partial charge in [0, 0.05) is 14.2 Å².